The summed E-state index contributed by atoms with van der Waals surface area (Å²) in [7, 11) is 0. The third-order valence-electron chi connectivity index (χ3n) is 3.70. The maximum atomic E-state index is 2.41. The van der Waals surface area contributed by atoms with Crippen molar-refractivity contribution in [2.75, 3.05) is 11.4 Å². The number of benzene rings is 2. The molecule has 86 valence electrons. The van der Waals surface area contributed by atoms with E-state index in [-0.39, 0.29) is 0 Å². The van der Waals surface area contributed by atoms with E-state index in [9.17, 15) is 0 Å². The van der Waals surface area contributed by atoms with Crippen LogP contribution in [0.4, 0.5) is 11.4 Å². The summed E-state index contributed by atoms with van der Waals surface area (Å²) in [6.07, 6.45) is 0. The summed E-state index contributed by atoms with van der Waals surface area (Å²) in [6, 6.07) is 17.5. The first-order valence-electron chi connectivity index (χ1n) is 6.28. The number of nitrogens with zero attached hydrogens (tertiary/aromatic N) is 1. The Morgan fingerprint density at radius 2 is 1.35 bits per heavy atom. The highest BCUT2D eigenvalue weighted by Crippen LogP contribution is 2.44. The number of rotatable bonds is 1. The summed E-state index contributed by atoms with van der Waals surface area (Å²) in [5, 5.41) is 0. The standard InChI is InChI=1S/C16H17N/c1-3-17-15-10-6-4-8-13(15)12(2)14-9-5-7-11-16(14)17/h4-12H,3H2,1-2H3. The zero-order chi connectivity index (χ0) is 11.8. The second kappa shape index (κ2) is 3.92. The molecule has 1 nitrogen and oxygen atoms in total. The molecular weight excluding hydrogens is 206 g/mol. The molecule has 0 atom stereocenters. The van der Waals surface area contributed by atoms with E-state index in [0.717, 1.165) is 6.54 Å². The van der Waals surface area contributed by atoms with Gasteiger partial charge in [0.05, 0.1) is 0 Å². The Labute approximate surface area is 103 Å². The third-order valence-corrected chi connectivity index (χ3v) is 3.70. The second-order valence-electron chi connectivity index (χ2n) is 4.58. The van der Waals surface area contributed by atoms with Crippen molar-refractivity contribution in [3.05, 3.63) is 59.7 Å². The first-order valence-corrected chi connectivity index (χ1v) is 6.28. The van der Waals surface area contributed by atoms with Gasteiger partial charge in [0.15, 0.2) is 0 Å². The number of fused-ring (bicyclic) bond motifs is 2. The van der Waals surface area contributed by atoms with E-state index in [1.165, 1.54) is 22.5 Å². The zero-order valence-corrected chi connectivity index (χ0v) is 10.4. The molecule has 1 aliphatic heterocycles. The minimum absolute atomic E-state index is 0.491. The van der Waals surface area contributed by atoms with Gasteiger partial charge in [0.25, 0.3) is 0 Å². The predicted molar refractivity (Wildman–Crippen MR) is 73.1 cm³/mol. The van der Waals surface area contributed by atoms with E-state index in [1.807, 2.05) is 0 Å². The minimum atomic E-state index is 0.491. The van der Waals surface area contributed by atoms with Crippen LogP contribution in [0.15, 0.2) is 48.5 Å². The highest BCUT2D eigenvalue weighted by Gasteiger charge is 2.25. The van der Waals surface area contributed by atoms with Gasteiger partial charge in [-0.15, -0.1) is 0 Å². The number of hydrogen-bond donors (Lipinski definition) is 0. The van der Waals surface area contributed by atoms with Crippen molar-refractivity contribution in [3.63, 3.8) is 0 Å². The fourth-order valence-electron chi connectivity index (χ4n) is 2.84. The lowest BCUT2D eigenvalue weighted by atomic mass is 9.86. The molecule has 0 unspecified atom stereocenters. The fraction of sp³-hybridized carbons (Fsp3) is 0.250. The highest BCUT2D eigenvalue weighted by atomic mass is 15.1. The molecule has 17 heavy (non-hydrogen) atoms. The van der Waals surface area contributed by atoms with E-state index < -0.39 is 0 Å². The monoisotopic (exact) mass is 223 g/mol. The van der Waals surface area contributed by atoms with E-state index in [4.69, 9.17) is 0 Å². The first-order chi connectivity index (χ1) is 8.33. The van der Waals surface area contributed by atoms with Gasteiger partial charge in [0.2, 0.25) is 0 Å². The van der Waals surface area contributed by atoms with Gasteiger partial charge in [0, 0.05) is 23.8 Å². The topological polar surface area (TPSA) is 3.24 Å². The van der Waals surface area contributed by atoms with Crippen LogP contribution in [-0.2, 0) is 0 Å². The SMILES string of the molecule is CCN1c2ccccc2C(C)c2ccccc21. The molecule has 2 aromatic rings. The maximum Gasteiger partial charge on any atom is 0.0449 e. The lowest BCUT2D eigenvalue weighted by Gasteiger charge is -2.35. The number of anilines is 2. The third kappa shape index (κ3) is 1.46. The van der Waals surface area contributed by atoms with Crippen LogP contribution in [0.3, 0.4) is 0 Å². The molecule has 1 heterocycles. The molecule has 0 aliphatic carbocycles. The van der Waals surface area contributed by atoms with Gasteiger partial charge in [0.1, 0.15) is 0 Å². The Balaban J connectivity index is 2.25. The van der Waals surface area contributed by atoms with Gasteiger partial charge >= 0.3 is 0 Å². The molecule has 0 saturated carbocycles. The van der Waals surface area contributed by atoms with Crippen LogP contribution in [0.1, 0.15) is 30.9 Å². The van der Waals surface area contributed by atoms with E-state index in [2.05, 4.69) is 67.3 Å². The second-order valence-corrected chi connectivity index (χ2v) is 4.58. The van der Waals surface area contributed by atoms with Crippen LogP contribution in [0.5, 0.6) is 0 Å². The van der Waals surface area contributed by atoms with Crippen molar-refractivity contribution in [2.45, 2.75) is 19.8 Å². The summed E-state index contributed by atoms with van der Waals surface area (Å²) in [4.78, 5) is 2.41. The number of para-hydroxylation sites is 2. The lowest BCUT2D eigenvalue weighted by Crippen LogP contribution is -2.24. The van der Waals surface area contributed by atoms with Gasteiger partial charge in [-0.25, -0.2) is 0 Å². The van der Waals surface area contributed by atoms with Gasteiger partial charge in [-0.3, -0.25) is 0 Å². The predicted octanol–water partition coefficient (Wildman–Crippen LogP) is 4.31. The highest BCUT2D eigenvalue weighted by molar-refractivity contribution is 5.75. The molecular formula is C16H17N. The van der Waals surface area contributed by atoms with Crippen LogP contribution in [0.25, 0.3) is 0 Å². The molecule has 1 aliphatic rings. The van der Waals surface area contributed by atoms with Crippen LogP contribution < -0.4 is 4.90 Å². The van der Waals surface area contributed by atoms with Crippen molar-refractivity contribution >= 4 is 11.4 Å². The Kier molecular flexibility index (Phi) is 2.40. The molecule has 1 heteroatoms. The fourth-order valence-corrected chi connectivity index (χ4v) is 2.84. The largest absolute Gasteiger partial charge is 0.341 e. The van der Waals surface area contributed by atoms with Gasteiger partial charge in [-0.2, -0.15) is 0 Å². The summed E-state index contributed by atoms with van der Waals surface area (Å²) in [6.45, 7) is 5.52. The smallest absolute Gasteiger partial charge is 0.0449 e. The molecule has 2 aromatic carbocycles. The Morgan fingerprint density at radius 3 is 1.82 bits per heavy atom. The van der Waals surface area contributed by atoms with E-state index in [0.29, 0.717) is 5.92 Å². The molecule has 0 bridgehead atoms. The van der Waals surface area contributed by atoms with Crippen LogP contribution in [-0.4, -0.2) is 6.54 Å². The van der Waals surface area contributed by atoms with Crippen molar-refractivity contribution in [1.29, 1.82) is 0 Å². The Bertz CT molecular complexity index is 497. The van der Waals surface area contributed by atoms with Gasteiger partial charge in [-0.05, 0) is 30.2 Å². The number of hydrogen-bond acceptors (Lipinski definition) is 1. The minimum Gasteiger partial charge on any atom is -0.341 e. The average molecular weight is 223 g/mol. The Hall–Kier alpha value is -1.76. The summed E-state index contributed by atoms with van der Waals surface area (Å²) >= 11 is 0. The van der Waals surface area contributed by atoms with Crippen LogP contribution in [0, 0.1) is 0 Å². The molecule has 0 radical (unpaired) electrons. The van der Waals surface area contributed by atoms with Crippen molar-refractivity contribution in [2.24, 2.45) is 0 Å². The molecule has 0 amide bonds. The van der Waals surface area contributed by atoms with Gasteiger partial charge in [-0.1, -0.05) is 43.3 Å². The summed E-state index contributed by atoms with van der Waals surface area (Å²) in [5.41, 5.74) is 5.60. The van der Waals surface area contributed by atoms with E-state index >= 15 is 0 Å². The Morgan fingerprint density at radius 1 is 0.882 bits per heavy atom. The van der Waals surface area contributed by atoms with E-state index in [1.54, 1.807) is 0 Å². The maximum absolute atomic E-state index is 2.41. The summed E-state index contributed by atoms with van der Waals surface area (Å²) in [5.74, 6) is 0.491. The van der Waals surface area contributed by atoms with Crippen molar-refractivity contribution in [1.82, 2.24) is 0 Å². The quantitative estimate of drug-likeness (QED) is 0.696. The average Bonchev–Trinajstić information content (AvgIpc) is 2.40. The van der Waals surface area contributed by atoms with Gasteiger partial charge < -0.3 is 4.90 Å². The first kappa shape index (κ1) is 10.4. The van der Waals surface area contributed by atoms with Crippen LogP contribution >= 0.6 is 0 Å². The van der Waals surface area contributed by atoms with Crippen LogP contribution in [0.2, 0.25) is 0 Å². The molecule has 3 rings (SSSR count). The molecule has 0 spiro atoms. The van der Waals surface area contributed by atoms with Crippen molar-refractivity contribution < 1.29 is 0 Å². The summed E-state index contributed by atoms with van der Waals surface area (Å²) < 4.78 is 0. The normalized spacial score (nSPS) is 14.4. The molecule has 0 fully saturated rings. The molecule has 0 N–H and O–H groups in total. The molecule has 0 saturated heterocycles. The lowest BCUT2D eigenvalue weighted by molar-refractivity contribution is 0.857. The van der Waals surface area contributed by atoms with Crippen molar-refractivity contribution in [3.8, 4) is 0 Å². The molecule has 0 aromatic heterocycles. The zero-order valence-electron chi connectivity index (χ0n) is 10.4.